The Kier molecular flexibility index (Phi) is 4.16. The number of likely N-dealkylation sites (tertiary alicyclic amines) is 1. The van der Waals surface area contributed by atoms with Crippen molar-refractivity contribution in [2.45, 2.75) is 38.1 Å². The van der Waals surface area contributed by atoms with Crippen LogP contribution < -0.4 is 5.32 Å². The zero-order chi connectivity index (χ0) is 14.6. The average molecular weight is 325 g/mol. The molecule has 5 nitrogen and oxygen atoms in total. The van der Waals surface area contributed by atoms with E-state index in [1.54, 1.807) is 6.07 Å². The van der Waals surface area contributed by atoms with Gasteiger partial charge in [0.25, 0.3) is 0 Å². The highest BCUT2D eigenvalue weighted by Gasteiger charge is 2.38. The fourth-order valence-electron chi connectivity index (χ4n) is 3.92. The van der Waals surface area contributed by atoms with Gasteiger partial charge in [0.1, 0.15) is 6.61 Å². The first-order valence-electron chi connectivity index (χ1n) is 7.58. The van der Waals surface area contributed by atoms with E-state index in [0.29, 0.717) is 30.8 Å². The van der Waals surface area contributed by atoms with Crippen molar-refractivity contribution < 1.29 is 14.6 Å². The molecule has 4 rings (SSSR count). The largest absolute Gasteiger partial charge is 0.457 e. The van der Waals surface area contributed by atoms with E-state index in [1.807, 2.05) is 13.0 Å². The van der Waals surface area contributed by atoms with Crippen molar-refractivity contribution in [3.8, 4) is 0 Å². The summed E-state index contributed by atoms with van der Waals surface area (Å²) in [6, 6.07) is 4.81. The molecule has 2 saturated heterocycles. The number of hydrogen-bond acceptors (Lipinski definition) is 5. The van der Waals surface area contributed by atoms with Crippen molar-refractivity contribution in [1.82, 2.24) is 10.2 Å². The average Bonchev–Trinajstić information content (AvgIpc) is 3.15. The molecule has 0 aromatic heterocycles. The van der Waals surface area contributed by atoms with E-state index in [0.717, 1.165) is 29.8 Å². The number of carbonyl (C=O) groups excluding carboxylic acids is 1. The molecule has 3 atom stereocenters. The van der Waals surface area contributed by atoms with Gasteiger partial charge in [-0.15, -0.1) is 12.4 Å². The molecular weight excluding hydrogens is 304 g/mol. The number of esters is 1. The quantitative estimate of drug-likeness (QED) is 0.817. The number of nitrogens with zero attached hydrogens (tertiary/aromatic N) is 1. The molecule has 6 heteroatoms. The fourth-order valence-corrected chi connectivity index (χ4v) is 3.92. The summed E-state index contributed by atoms with van der Waals surface area (Å²) < 4.78 is 5.07. The van der Waals surface area contributed by atoms with Crippen LogP contribution in [0.15, 0.2) is 12.1 Å². The number of hydrogen-bond donors (Lipinski definition) is 2. The molecule has 3 aliphatic rings. The van der Waals surface area contributed by atoms with Gasteiger partial charge in [-0.25, -0.2) is 4.79 Å². The Morgan fingerprint density at radius 2 is 2.32 bits per heavy atom. The van der Waals surface area contributed by atoms with Crippen LogP contribution in [0.1, 0.15) is 39.6 Å². The van der Waals surface area contributed by atoms with Crippen molar-refractivity contribution in [2.75, 3.05) is 19.6 Å². The lowest BCUT2D eigenvalue weighted by molar-refractivity contribution is 0.0535. The maximum atomic E-state index is 11.6. The molecule has 22 heavy (non-hydrogen) atoms. The zero-order valence-corrected chi connectivity index (χ0v) is 13.4. The van der Waals surface area contributed by atoms with Crippen LogP contribution in [0.2, 0.25) is 0 Å². The third-order valence-corrected chi connectivity index (χ3v) is 5.14. The summed E-state index contributed by atoms with van der Waals surface area (Å²) in [5.74, 6) is -0.253. The van der Waals surface area contributed by atoms with E-state index >= 15 is 0 Å². The van der Waals surface area contributed by atoms with Crippen LogP contribution in [0, 0.1) is 6.92 Å². The standard InChI is InChI=1S/C16H20N2O3.ClH/c1-9-12(2-3-13-14(9)8-21-16(13)20)15(19)7-18-6-10-4-11(18)5-17-10;/h2-3,10-11,15,17,19H,4-8H2,1H3;1H/t10-,11-,15?;/m0./s1. The monoisotopic (exact) mass is 324 g/mol. The van der Waals surface area contributed by atoms with Crippen LogP contribution in [0.3, 0.4) is 0 Å². The fraction of sp³-hybridized carbons (Fsp3) is 0.562. The van der Waals surface area contributed by atoms with E-state index in [-0.39, 0.29) is 18.4 Å². The van der Waals surface area contributed by atoms with E-state index in [1.165, 1.54) is 6.42 Å². The molecular formula is C16H21ClN2O3. The molecule has 2 N–H and O–H groups in total. The summed E-state index contributed by atoms with van der Waals surface area (Å²) in [5.41, 5.74) is 3.49. The first-order valence-corrected chi connectivity index (χ1v) is 7.58. The Labute approximate surface area is 136 Å². The first-order chi connectivity index (χ1) is 10.1. The number of carbonyl (C=O) groups is 1. The van der Waals surface area contributed by atoms with E-state index in [9.17, 15) is 9.90 Å². The van der Waals surface area contributed by atoms with Crippen LogP contribution in [-0.4, -0.2) is 47.7 Å². The third kappa shape index (κ3) is 2.42. The van der Waals surface area contributed by atoms with E-state index in [2.05, 4.69) is 10.2 Å². The van der Waals surface area contributed by atoms with Crippen molar-refractivity contribution >= 4 is 18.4 Å². The van der Waals surface area contributed by atoms with E-state index < -0.39 is 6.10 Å². The van der Waals surface area contributed by atoms with Gasteiger partial charge in [0.2, 0.25) is 0 Å². The van der Waals surface area contributed by atoms with Gasteiger partial charge < -0.3 is 15.2 Å². The van der Waals surface area contributed by atoms with E-state index in [4.69, 9.17) is 4.74 Å². The second-order valence-corrected chi connectivity index (χ2v) is 6.35. The Bertz CT molecular complexity index is 607. The highest BCUT2D eigenvalue weighted by molar-refractivity contribution is 5.93. The molecule has 1 aromatic rings. The minimum atomic E-state index is -0.509. The molecule has 1 unspecified atom stereocenters. The maximum absolute atomic E-state index is 11.6. The van der Waals surface area contributed by atoms with Gasteiger partial charge in [-0.2, -0.15) is 0 Å². The lowest BCUT2D eigenvalue weighted by Gasteiger charge is -2.29. The molecule has 120 valence electrons. The van der Waals surface area contributed by atoms with Crippen LogP contribution in [0.25, 0.3) is 0 Å². The normalized spacial score (nSPS) is 27.5. The minimum Gasteiger partial charge on any atom is -0.457 e. The summed E-state index contributed by atoms with van der Waals surface area (Å²) in [4.78, 5) is 13.9. The van der Waals surface area contributed by atoms with Gasteiger partial charge >= 0.3 is 5.97 Å². The molecule has 1 aromatic carbocycles. The first kappa shape index (κ1) is 15.7. The third-order valence-electron chi connectivity index (χ3n) is 5.14. The molecule has 2 bridgehead atoms. The van der Waals surface area contributed by atoms with Crippen LogP contribution in [0.5, 0.6) is 0 Å². The number of nitrogens with one attached hydrogen (secondary N) is 1. The predicted molar refractivity (Wildman–Crippen MR) is 84.3 cm³/mol. The van der Waals surface area contributed by atoms with Crippen molar-refractivity contribution in [1.29, 1.82) is 0 Å². The Morgan fingerprint density at radius 1 is 1.50 bits per heavy atom. The molecule has 0 amide bonds. The molecule has 3 aliphatic heterocycles. The zero-order valence-electron chi connectivity index (χ0n) is 12.5. The number of β-amino-alcohol motifs (C(OH)–C–C–N with tert-alkyl or cyclic N) is 1. The topological polar surface area (TPSA) is 61.8 Å². The summed E-state index contributed by atoms with van der Waals surface area (Å²) >= 11 is 0. The second kappa shape index (κ2) is 5.81. The highest BCUT2D eigenvalue weighted by atomic mass is 35.5. The number of cyclic esters (lactones) is 1. The van der Waals surface area contributed by atoms with Gasteiger partial charge in [0.05, 0.1) is 11.7 Å². The number of fused-ring (bicyclic) bond motifs is 3. The molecule has 0 saturated carbocycles. The Morgan fingerprint density at radius 3 is 3.00 bits per heavy atom. The van der Waals surface area contributed by atoms with Crippen molar-refractivity contribution in [3.63, 3.8) is 0 Å². The molecule has 0 spiro atoms. The van der Waals surface area contributed by atoms with Crippen molar-refractivity contribution in [2.24, 2.45) is 0 Å². The molecule has 0 radical (unpaired) electrons. The maximum Gasteiger partial charge on any atom is 0.338 e. The summed E-state index contributed by atoms with van der Waals surface area (Å²) in [5, 5.41) is 14.1. The van der Waals surface area contributed by atoms with Gasteiger partial charge in [-0.1, -0.05) is 6.07 Å². The van der Waals surface area contributed by atoms with Gasteiger partial charge in [-0.05, 0) is 30.5 Å². The van der Waals surface area contributed by atoms with Crippen LogP contribution in [-0.2, 0) is 11.3 Å². The smallest absolute Gasteiger partial charge is 0.338 e. The number of aliphatic hydroxyl groups excluding tert-OH is 1. The summed E-state index contributed by atoms with van der Waals surface area (Å²) in [6.45, 7) is 5.02. The molecule has 2 fully saturated rings. The molecule has 0 aliphatic carbocycles. The second-order valence-electron chi connectivity index (χ2n) is 6.35. The van der Waals surface area contributed by atoms with Crippen LogP contribution >= 0.6 is 12.4 Å². The summed E-state index contributed by atoms with van der Waals surface area (Å²) in [6.07, 6.45) is 0.684. The predicted octanol–water partition coefficient (Wildman–Crippen LogP) is 1.17. The lowest BCUT2D eigenvalue weighted by Crippen LogP contribution is -2.45. The summed E-state index contributed by atoms with van der Waals surface area (Å²) in [7, 11) is 0. The van der Waals surface area contributed by atoms with Gasteiger partial charge in [0, 0.05) is 37.3 Å². The number of halogens is 1. The minimum absolute atomic E-state index is 0. The van der Waals surface area contributed by atoms with Crippen molar-refractivity contribution in [3.05, 3.63) is 34.4 Å². The molecule has 3 heterocycles. The number of piperazine rings is 1. The highest BCUT2D eigenvalue weighted by Crippen LogP contribution is 2.31. The van der Waals surface area contributed by atoms with Crippen LogP contribution in [0.4, 0.5) is 0 Å². The number of aliphatic hydroxyl groups is 1. The Balaban J connectivity index is 0.00000144. The van der Waals surface area contributed by atoms with Gasteiger partial charge in [-0.3, -0.25) is 4.90 Å². The number of benzene rings is 1. The number of rotatable bonds is 3. The Hall–Kier alpha value is -1.14. The lowest BCUT2D eigenvalue weighted by atomic mass is 9.95. The van der Waals surface area contributed by atoms with Gasteiger partial charge in [0.15, 0.2) is 0 Å². The SMILES string of the molecule is Cc1c(C(O)CN2C[C@@H]3C[C@H]2CN3)ccc2c1COC2=O.Cl. The number of ether oxygens (including phenoxy) is 1.